The van der Waals surface area contributed by atoms with Crippen molar-refractivity contribution >= 4 is 21.6 Å². The zero-order valence-electron chi connectivity index (χ0n) is 11.2. The lowest BCUT2D eigenvalue weighted by Gasteiger charge is -2.14. The molecule has 1 atom stereocenters. The van der Waals surface area contributed by atoms with Crippen molar-refractivity contribution in [1.82, 2.24) is 10.3 Å². The molecule has 0 bridgehead atoms. The maximum Gasteiger partial charge on any atom is 0.124 e. The van der Waals surface area contributed by atoms with Gasteiger partial charge in [0.15, 0.2) is 0 Å². The molecule has 0 aliphatic carbocycles. The summed E-state index contributed by atoms with van der Waals surface area (Å²) in [6.07, 6.45) is 2.49. The number of rotatable bonds is 2. The number of hydrogen-bond acceptors (Lipinski definition) is 3. The minimum absolute atomic E-state index is 0.484. The fourth-order valence-electron chi connectivity index (χ4n) is 2.93. The van der Waals surface area contributed by atoms with Gasteiger partial charge in [0.05, 0.1) is 10.2 Å². The number of hydrogen-bond donors (Lipinski definition) is 1. The van der Waals surface area contributed by atoms with Gasteiger partial charge in [0.25, 0.3) is 0 Å². The lowest BCUT2D eigenvalue weighted by molar-refractivity contribution is 0.649. The Morgan fingerprint density at radius 2 is 1.90 bits per heavy atom. The van der Waals surface area contributed by atoms with Gasteiger partial charge in [0.1, 0.15) is 5.01 Å². The predicted molar refractivity (Wildman–Crippen MR) is 85.0 cm³/mol. The molecular weight excluding hydrogens is 264 g/mol. The van der Waals surface area contributed by atoms with Gasteiger partial charge < -0.3 is 5.32 Å². The second-order valence-corrected chi connectivity index (χ2v) is 6.25. The van der Waals surface area contributed by atoms with E-state index < -0.39 is 0 Å². The van der Waals surface area contributed by atoms with E-state index in [0.29, 0.717) is 6.04 Å². The molecule has 20 heavy (non-hydrogen) atoms. The van der Waals surface area contributed by atoms with Crippen molar-refractivity contribution in [2.24, 2.45) is 0 Å². The second kappa shape index (κ2) is 5.00. The molecule has 1 N–H and O–H groups in total. The summed E-state index contributed by atoms with van der Waals surface area (Å²) < 4.78 is 1.26. The topological polar surface area (TPSA) is 24.9 Å². The molecule has 1 aliphatic heterocycles. The Morgan fingerprint density at radius 3 is 2.75 bits per heavy atom. The molecule has 1 unspecified atom stereocenters. The van der Waals surface area contributed by atoms with Crippen molar-refractivity contribution in [2.75, 3.05) is 6.54 Å². The van der Waals surface area contributed by atoms with E-state index in [-0.39, 0.29) is 0 Å². The predicted octanol–water partition coefficient (Wildman–Crippen LogP) is 4.39. The zero-order valence-corrected chi connectivity index (χ0v) is 12.0. The van der Waals surface area contributed by atoms with Crippen molar-refractivity contribution < 1.29 is 0 Å². The number of benzene rings is 2. The second-order valence-electron chi connectivity index (χ2n) is 5.22. The molecule has 2 aromatic carbocycles. The van der Waals surface area contributed by atoms with Crippen molar-refractivity contribution in [3.63, 3.8) is 0 Å². The van der Waals surface area contributed by atoms with Crippen molar-refractivity contribution in [3.05, 3.63) is 54.1 Å². The molecule has 0 amide bonds. The molecular formula is C17H16N2S. The van der Waals surface area contributed by atoms with Crippen LogP contribution in [0.15, 0.2) is 48.5 Å². The first kappa shape index (κ1) is 12.1. The highest BCUT2D eigenvalue weighted by molar-refractivity contribution is 7.21. The number of aromatic nitrogens is 1. The third kappa shape index (κ3) is 2.03. The van der Waals surface area contributed by atoms with Crippen LogP contribution in [0.1, 0.15) is 24.4 Å². The minimum Gasteiger partial charge on any atom is -0.310 e. The molecule has 3 heteroatoms. The van der Waals surface area contributed by atoms with Crippen LogP contribution in [0.5, 0.6) is 0 Å². The van der Waals surface area contributed by atoms with Crippen LogP contribution in [-0.2, 0) is 0 Å². The summed E-state index contributed by atoms with van der Waals surface area (Å²) in [5, 5.41) is 4.73. The van der Waals surface area contributed by atoms with Crippen LogP contribution in [0.3, 0.4) is 0 Å². The van der Waals surface area contributed by atoms with Gasteiger partial charge >= 0.3 is 0 Å². The largest absolute Gasteiger partial charge is 0.310 e. The van der Waals surface area contributed by atoms with Crippen LogP contribution in [-0.4, -0.2) is 11.5 Å². The van der Waals surface area contributed by atoms with Crippen LogP contribution in [0, 0.1) is 0 Å². The third-order valence-electron chi connectivity index (χ3n) is 3.92. The van der Waals surface area contributed by atoms with E-state index in [0.717, 1.165) is 17.1 Å². The summed E-state index contributed by atoms with van der Waals surface area (Å²) in [6.45, 7) is 1.12. The molecule has 2 nitrogen and oxygen atoms in total. The van der Waals surface area contributed by atoms with E-state index in [4.69, 9.17) is 4.98 Å². The van der Waals surface area contributed by atoms with Gasteiger partial charge in [-0.1, -0.05) is 36.4 Å². The molecule has 0 saturated carbocycles. The van der Waals surface area contributed by atoms with Crippen molar-refractivity contribution in [3.8, 4) is 10.6 Å². The summed E-state index contributed by atoms with van der Waals surface area (Å²) in [7, 11) is 0. The first-order valence-electron chi connectivity index (χ1n) is 7.10. The first-order valence-corrected chi connectivity index (χ1v) is 7.92. The van der Waals surface area contributed by atoms with E-state index in [1.807, 2.05) is 0 Å². The van der Waals surface area contributed by atoms with E-state index >= 15 is 0 Å². The van der Waals surface area contributed by atoms with Crippen molar-refractivity contribution in [1.29, 1.82) is 0 Å². The van der Waals surface area contributed by atoms with Crippen LogP contribution in [0.2, 0.25) is 0 Å². The molecule has 100 valence electrons. The molecule has 0 spiro atoms. The molecule has 1 aliphatic rings. The summed E-state index contributed by atoms with van der Waals surface area (Å²) >= 11 is 1.78. The Morgan fingerprint density at radius 1 is 1.05 bits per heavy atom. The normalized spacial score (nSPS) is 18.7. The van der Waals surface area contributed by atoms with Crippen LogP contribution in [0.25, 0.3) is 20.8 Å². The van der Waals surface area contributed by atoms with Gasteiger partial charge in [0, 0.05) is 11.6 Å². The zero-order chi connectivity index (χ0) is 13.4. The third-order valence-corrected chi connectivity index (χ3v) is 4.99. The average molecular weight is 280 g/mol. The molecule has 1 aromatic heterocycles. The lowest BCUT2D eigenvalue weighted by Crippen LogP contribution is -2.13. The van der Waals surface area contributed by atoms with Gasteiger partial charge in [-0.15, -0.1) is 11.3 Å². The standard InChI is InChI=1S/C17H16N2S/c1-2-7-13(12(6-1)14-9-5-11-18-14)17-19-15-8-3-4-10-16(15)20-17/h1-4,6-8,10,14,18H,5,9,11H2. The number of nitrogens with zero attached hydrogens (tertiary/aromatic N) is 1. The number of para-hydroxylation sites is 1. The maximum atomic E-state index is 4.81. The van der Waals surface area contributed by atoms with E-state index in [1.165, 1.54) is 28.7 Å². The highest BCUT2D eigenvalue weighted by atomic mass is 32.1. The molecule has 3 aromatic rings. The van der Waals surface area contributed by atoms with E-state index in [9.17, 15) is 0 Å². The van der Waals surface area contributed by atoms with Gasteiger partial charge in [0.2, 0.25) is 0 Å². The first-order chi connectivity index (χ1) is 9.92. The summed E-state index contributed by atoms with van der Waals surface area (Å²) in [5.74, 6) is 0. The smallest absolute Gasteiger partial charge is 0.124 e. The van der Waals surface area contributed by atoms with E-state index in [1.54, 1.807) is 11.3 Å². The van der Waals surface area contributed by atoms with E-state index in [2.05, 4.69) is 53.8 Å². The average Bonchev–Trinajstić information content (AvgIpc) is 3.16. The fourth-order valence-corrected chi connectivity index (χ4v) is 3.95. The number of fused-ring (bicyclic) bond motifs is 1. The van der Waals surface area contributed by atoms with Crippen LogP contribution < -0.4 is 5.32 Å². The Hall–Kier alpha value is -1.71. The maximum absolute atomic E-state index is 4.81. The Balaban J connectivity index is 1.84. The summed E-state index contributed by atoms with van der Waals surface area (Å²) in [6, 6.07) is 17.5. The number of nitrogens with one attached hydrogen (secondary N) is 1. The SMILES string of the molecule is c1ccc(C2CCCN2)c(-c2nc3ccccc3s2)c1. The fraction of sp³-hybridized carbons (Fsp3) is 0.235. The van der Waals surface area contributed by atoms with Gasteiger partial charge in [-0.05, 0) is 37.1 Å². The summed E-state index contributed by atoms with van der Waals surface area (Å²) in [4.78, 5) is 4.81. The highest BCUT2D eigenvalue weighted by Gasteiger charge is 2.20. The monoisotopic (exact) mass is 280 g/mol. The van der Waals surface area contributed by atoms with Gasteiger partial charge in [-0.3, -0.25) is 0 Å². The minimum atomic E-state index is 0.484. The molecule has 1 fully saturated rings. The van der Waals surface area contributed by atoms with Gasteiger partial charge in [-0.2, -0.15) is 0 Å². The molecule has 4 rings (SSSR count). The Labute approximate surface area is 122 Å². The Bertz CT molecular complexity index is 708. The molecule has 2 heterocycles. The molecule has 1 saturated heterocycles. The molecule has 0 radical (unpaired) electrons. The quantitative estimate of drug-likeness (QED) is 0.753. The summed E-state index contributed by atoms with van der Waals surface area (Å²) in [5.41, 5.74) is 3.78. The van der Waals surface area contributed by atoms with Crippen LogP contribution >= 0.6 is 11.3 Å². The highest BCUT2D eigenvalue weighted by Crippen LogP contribution is 2.36. The Kier molecular flexibility index (Phi) is 3.02. The van der Waals surface area contributed by atoms with Crippen molar-refractivity contribution in [2.45, 2.75) is 18.9 Å². The number of thiazole rings is 1. The van der Waals surface area contributed by atoms with Gasteiger partial charge in [-0.25, -0.2) is 4.98 Å². The van der Waals surface area contributed by atoms with Crippen LogP contribution in [0.4, 0.5) is 0 Å². The lowest BCUT2D eigenvalue weighted by atomic mass is 9.99.